The molecule has 80 valence electrons. The second kappa shape index (κ2) is 3.62. The van der Waals surface area contributed by atoms with Gasteiger partial charge in [-0.3, -0.25) is 9.78 Å². The fourth-order valence-corrected chi connectivity index (χ4v) is 1.86. The third kappa shape index (κ3) is 1.61. The summed E-state index contributed by atoms with van der Waals surface area (Å²) in [5, 5.41) is 0. The van der Waals surface area contributed by atoms with Gasteiger partial charge >= 0.3 is 5.97 Å². The van der Waals surface area contributed by atoms with Gasteiger partial charge in [-0.05, 0) is 24.5 Å². The average molecular weight is 206 g/mol. The molecule has 0 aromatic carbocycles. The topological polar surface area (TPSA) is 65.2 Å². The molecule has 0 radical (unpaired) electrons. The van der Waals surface area contributed by atoms with E-state index in [1.807, 2.05) is 12.1 Å². The molecule has 1 aromatic heterocycles. The molecule has 2 rings (SSSR count). The minimum atomic E-state index is -0.502. The molecule has 1 atom stereocenters. The van der Waals surface area contributed by atoms with Gasteiger partial charge in [0.15, 0.2) is 0 Å². The minimum Gasteiger partial charge on any atom is -0.469 e. The van der Waals surface area contributed by atoms with E-state index in [9.17, 15) is 4.79 Å². The van der Waals surface area contributed by atoms with E-state index >= 15 is 0 Å². The molecule has 15 heavy (non-hydrogen) atoms. The highest BCUT2D eigenvalue weighted by Gasteiger charge is 2.56. The summed E-state index contributed by atoms with van der Waals surface area (Å²) in [6.45, 7) is 0. The van der Waals surface area contributed by atoms with E-state index in [-0.39, 0.29) is 12.0 Å². The van der Waals surface area contributed by atoms with Crippen LogP contribution in [0.3, 0.4) is 0 Å². The van der Waals surface area contributed by atoms with Gasteiger partial charge in [0.05, 0.1) is 12.5 Å². The quantitative estimate of drug-likeness (QED) is 0.750. The van der Waals surface area contributed by atoms with Gasteiger partial charge in [0, 0.05) is 18.4 Å². The lowest BCUT2D eigenvalue weighted by molar-refractivity contribution is -0.148. The summed E-state index contributed by atoms with van der Waals surface area (Å²) in [7, 11) is 1.40. The second-order valence-electron chi connectivity index (χ2n) is 3.91. The van der Waals surface area contributed by atoms with E-state index in [1.54, 1.807) is 12.4 Å². The van der Waals surface area contributed by atoms with E-state index in [0.717, 1.165) is 18.4 Å². The van der Waals surface area contributed by atoms with Crippen molar-refractivity contribution < 1.29 is 9.53 Å². The number of ether oxygens (including phenoxy) is 1. The molecule has 0 spiro atoms. The summed E-state index contributed by atoms with van der Waals surface area (Å²) in [5.41, 5.74) is 6.46. The van der Waals surface area contributed by atoms with Gasteiger partial charge < -0.3 is 10.5 Å². The number of esters is 1. The number of carbonyl (C=O) groups is 1. The monoisotopic (exact) mass is 206 g/mol. The third-order valence-corrected chi connectivity index (χ3v) is 3.02. The van der Waals surface area contributed by atoms with Crippen LogP contribution in [-0.2, 0) is 9.53 Å². The van der Waals surface area contributed by atoms with Crippen LogP contribution in [0.2, 0.25) is 0 Å². The van der Waals surface area contributed by atoms with E-state index in [4.69, 9.17) is 10.5 Å². The van der Waals surface area contributed by atoms with Crippen molar-refractivity contribution in [2.45, 2.75) is 18.9 Å². The van der Waals surface area contributed by atoms with Gasteiger partial charge in [0.1, 0.15) is 0 Å². The number of hydrogen-bond donors (Lipinski definition) is 1. The Balaban J connectivity index is 2.22. The molecule has 1 unspecified atom stereocenters. The summed E-state index contributed by atoms with van der Waals surface area (Å²) in [6.07, 6.45) is 4.99. The van der Waals surface area contributed by atoms with Gasteiger partial charge in [-0.15, -0.1) is 0 Å². The zero-order chi connectivity index (χ0) is 10.9. The maximum Gasteiger partial charge on any atom is 0.313 e. The normalized spacial score (nSPS) is 19.3. The van der Waals surface area contributed by atoms with Crippen LogP contribution in [0.15, 0.2) is 24.5 Å². The van der Waals surface area contributed by atoms with Gasteiger partial charge in [0.2, 0.25) is 0 Å². The minimum absolute atomic E-state index is 0.209. The number of nitrogens with zero attached hydrogens (tertiary/aromatic N) is 1. The zero-order valence-electron chi connectivity index (χ0n) is 8.64. The Kier molecular flexibility index (Phi) is 2.44. The Bertz CT molecular complexity index is 360. The van der Waals surface area contributed by atoms with Crippen LogP contribution in [0.5, 0.6) is 0 Å². The lowest BCUT2D eigenvalue weighted by Crippen LogP contribution is -2.31. The molecule has 4 heteroatoms. The van der Waals surface area contributed by atoms with E-state index < -0.39 is 5.41 Å². The maximum atomic E-state index is 11.6. The highest BCUT2D eigenvalue weighted by Crippen LogP contribution is 2.54. The summed E-state index contributed by atoms with van der Waals surface area (Å²) < 4.78 is 4.78. The molecule has 1 saturated carbocycles. The van der Waals surface area contributed by atoms with E-state index in [0.29, 0.717) is 0 Å². The first-order chi connectivity index (χ1) is 7.20. The smallest absolute Gasteiger partial charge is 0.313 e. The number of pyridine rings is 1. The van der Waals surface area contributed by atoms with Crippen molar-refractivity contribution in [2.75, 3.05) is 7.11 Å². The number of methoxy groups -OCH3 is 1. The first-order valence-corrected chi connectivity index (χ1v) is 4.94. The van der Waals surface area contributed by atoms with Crippen LogP contribution in [-0.4, -0.2) is 18.1 Å². The van der Waals surface area contributed by atoms with Crippen LogP contribution in [0.25, 0.3) is 0 Å². The fraction of sp³-hybridized carbons (Fsp3) is 0.455. The summed E-state index contributed by atoms with van der Waals surface area (Å²) >= 11 is 0. The number of hydrogen-bond acceptors (Lipinski definition) is 4. The molecule has 2 N–H and O–H groups in total. The number of aromatic nitrogens is 1. The molecule has 1 heterocycles. The Hall–Kier alpha value is -1.42. The molecular weight excluding hydrogens is 192 g/mol. The second-order valence-corrected chi connectivity index (χ2v) is 3.91. The van der Waals surface area contributed by atoms with Crippen molar-refractivity contribution in [2.24, 2.45) is 11.1 Å². The predicted molar refractivity (Wildman–Crippen MR) is 54.8 cm³/mol. The Morgan fingerprint density at radius 1 is 1.67 bits per heavy atom. The highest BCUT2D eigenvalue weighted by atomic mass is 16.5. The molecule has 1 aliphatic carbocycles. The van der Waals surface area contributed by atoms with Gasteiger partial charge in [-0.2, -0.15) is 0 Å². The van der Waals surface area contributed by atoms with Crippen molar-refractivity contribution in [1.29, 1.82) is 0 Å². The standard InChI is InChI=1S/C11H14N2O2/c1-15-10(14)11(4-5-11)9(12)8-3-2-6-13-7-8/h2-3,6-7,9H,4-5,12H2,1H3. The molecule has 0 bridgehead atoms. The zero-order valence-corrected chi connectivity index (χ0v) is 8.64. The largest absolute Gasteiger partial charge is 0.469 e. The van der Waals surface area contributed by atoms with E-state index in [1.165, 1.54) is 7.11 Å². The Morgan fingerprint density at radius 2 is 2.40 bits per heavy atom. The van der Waals surface area contributed by atoms with Crippen molar-refractivity contribution in [3.8, 4) is 0 Å². The van der Waals surface area contributed by atoms with Crippen LogP contribution < -0.4 is 5.73 Å². The van der Waals surface area contributed by atoms with Crippen molar-refractivity contribution in [1.82, 2.24) is 4.98 Å². The predicted octanol–water partition coefficient (Wildman–Crippen LogP) is 1.03. The maximum absolute atomic E-state index is 11.6. The summed E-state index contributed by atoms with van der Waals surface area (Å²) in [4.78, 5) is 15.6. The molecule has 1 aliphatic rings. The SMILES string of the molecule is COC(=O)C1(C(N)c2cccnc2)CC1. The highest BCUT2D eigenvalue weighted by molar-refractivity contribution is 5.81. The first-order valence-electron chi connectivity index (χ1n) is 4.94. The van der Waals surface area contributed by atoms with Crippen LogP contribution in [0.4, 0.5) is 0 Å². The lowest BCUT2D eigenvalue weighted by atomic mass is 9.92. The molecule has 0 amide bonds. The van der Waals surface area contributed by atoms with E-state index in [2.05, 4.69) is 4.98 Å². The summed E-state index contributed by atoms with van der Waals surface area (Å²) in [6, 6.07) is 3.40. The van der Waals surface area contributed by atoms with Gasteiger partial charge in [0.25, 0.3) is 0 Å². The van der Waals surface area contributed by atoms with Crippen LogP contribution in [0.1, 0.15) is 24.4 Å². The van der Waals surface area contributed by atoms with Crippen molar-refractivity contribution >= 4 is 5.97 Å². The van der Waals surface area contributed by atoms with Crippen LogP contribution in [0, 0.1) is 5.41 Å². The third-order valence-electron chi connectivity index (χ3n) is 3.02. The molecule has 0 saturated heterocycles. The first kappa shape index (κ1) is 10.1. The number of nitrogens with two attached hydrogens (primary N) is 1. The lowest BCUT2D eigenvalue weighted by Gasteiger charge is -2.20. The van der Waals surface area contributed by atoms with Crippen molar-refractivity contribution in [3.63, 3.8) is 0 Å². The van der Waals surface area contributed by atoms with Gasteiger partial charge in [-0.25, -0.2) is 0 Å². The molecule has 4 nitrogen and oxygen atoms in total. The number of rotatable bonds is 3. The van der Waals surface area contributed by atoms with Crippen molar-refractivity contribution in [3.05, 3.63) is 30.1 Å². The number of carbonyl (C=O) groups excluding carboxylic acids is 1. The molecule has 0 aliphatic heterocycles. The average Bonchev–Trinajstić information content (AvgIpc) is 3.09. The molecule has 1 fully saturated rings. The van der Waals surface area contributed by atoms with Crippen LogP contribution >= 0.6 is 0 Å². The summed E-state index contributed by atoms with van der Waals surface area (Å²) in [5.74, 6) is -0.209. The Morgan fingerprint density at radius 3 is 2.87 bits per heavy atom. The Labute approximate surface area is 88.4 Å². The molecule has 1 aromatic rings. The van der Waals surface area contributed by atoms with Gasteiger partial charge in [-0.1, -0.05) is 6.07 Å². The molecular formula is C11H14N2O2. The fourth-order valence-electron chi connectivity index (χ4n) is 1.86.